The molecular formula is C14H13NS. The summed E-state index contributed by atoms with van der Waals surface area (Å²) in [7, 11) is 0. The number of fused-ring (bicyclic) bond motifs is 1. The minimum atomic E-state index is 0.968. The molecule has 0 N–H and O–H groups in total. The largest absolute Gasteiger partial charge is 0.343 e. The van der Waals surface area contributed by atoms with E-state index in [1.54, 1.807) is 11.3 Å². The molecule has 2 aromatic heterocycles. The van der Waals surface area contributed by atoms with Gasteiger partial charge in [0.1, 0.15) is 0 Å². The van der Waals surface area contributed by atoms with E-state index in [1.807, 2.05) is 0 Å². The fourth-order valence-corrected chi connectivity index (χ4v) is 2.70. The number of thiophene rings is 1. The molecule has 0 unspecified atom stereocenters. The summed E-state index contributed by atoms with van der Waals surface area (Å²) in [6, 6.07) is 11.0. The monoisotopic (exact) mass is 227 g/mol. The Bertz CT molecular complexity index is 605. The fraction of sp³-hybridized carbons (Fsp3) is 0.143. The molecule has 0 spiro atoms. The average Bonchev–Trinajstić information content (AvgIpc) is 2.89. The Kier molecular flexibility index (Phi) is 2.29. The van der Waals surface area contributed by atoms with Gasteiger partial charge in [0.15, 0.2) is 0 Å². The molecule has 0 radical (unpaired) electrons. The number of rotatable bonds is 2. The van der Waals surface area contributed by atoms with Crippen LogP contribution in [0.1, 0.15) is 11.1 Å². The average molecular weight is 227 g/mol. The summed E-state index contributed by atoms with van der Waals surface area (Å²) in [6.07, 6.45) is 2.17. The summed E-state index contributed by atoms with van der Waals surface area (Å²) in [4.78, 5) is 0. The van der Waals surface area contributed by atoms with E-state index in [1.165, 1.54) is 22.0 Å². The summed E-state index contributed by atoms with van der Waals surface area (Å²) in [6.45, 7) is 3.10. The van der Waals surface area contributed by atoms with Crippen molar-refractivity contribution in [2.75, 3.05) is 0 Å². The van der Waals surface area contributed by atoms with E-state index < -0.39 is 0 Å². The highest BCUT2D eigenvalue weighted by molar-refractivity contribution is 7.07. The number of hydrogen-bond donors (Lipinski definition) is 0. The molecular weight excluding hydrogens is 214 g/mol. The number of benzene rings is 1. The third-order valence-electron chi connectivity index (χ3n) is 2.86. The van der Waals surface area contributed by atoms with Crippen LogP contribution < -0.4 is 0 Å². The molecule has 0 saturated carbocycles. The first kappa shape index (κ1) is 9.67. The van der Waals surface area contributed by atoms with Crippen LogP contribution in [0.25, 0.3) is 10.9 Å². The maximum atomic E-state index is 2.30. The lowest BCUT2D eigenvalue weighted by Gasteiger charge is -2.03. The standard InChI is InChI=1S/C14H13NS/c1-11-2-3-14-13(8-11)4-6-15(14)9-12-5-7-16-10-12/h2-8,10H,9H2,1H3. The molecule has 1 aromatic carbocycles. The van der Waals surface area contributed by atoms with Gasteiger partial charge in [0, 0.05) is 18.3 Å². The first-order valence-electron chi connectivity index (χ1n) is 5.39. The summed E-state index contributed by atoms with van der Waals surface area (Å²) in [5.41, 5.74) is 4.01. The van der Waals surface area contributed by atoms with Gasteiger partial charge in [-0.05, 0) is 52.9 Å². The predicted octanol–water partition coefficient (Wildman–Crippen LogP) is 4.06. The molecule has 0 bridgehead atoms. The highest BCUT2D eigenvalue weighted by Gasteiger charge is 2.01. The van der Waals surface area contributed by atoms with E-state index in [2.05, 4.69) is 58.8 Å². The Labute approximate surface area is 99.0 Å². The summed E-state index contributed by atoms with van der Waals surface area (Å²) >= 11 is 1.76. The third-order valence-corrected chi connectivity index (χ3v) is 3.59. The van der Waals surface area contributed by atoms with Crippen molar-refractivity contribution in [2.24, 2.45) is 0 Å². The zero-order valence-electron chi connectivity index (χ0n) is 9.18. The lowest BCUT2D eigenvalue weighted by Crippen LogP contribution is -1.95. The van der Waals surface area contributed by atoms with Crippen LogP contribution in [-0.2, 0) is 6.54 Å². The SMILES string of the molecule is Cc1ccc2c(ccn2Cc2ccsc2)c1. The third kappa shape index (κ3) is 1.65. The summed E-state index contributed by atoms with van der Waals surface area (Å²) < 4.78 is 2.30. The van der Waals surface area contributed by atoms with Crippen molar-refractivity contribution in [2.45, 2.75) is 13.5 Å². The molecule has 2 heteroatoms. The summed E-state index contributed by atoms with van der Waals surface area (Å²) in [5.74, 6) is 0. The van der Waals surface area contributed by atoms with E-state index in [9.17, 15) is 0 Å². The lowest BCUT2D eigenvalue weighted by atomic mass is 10.2. The van der Waals surface area contributed by atoms with Crippen LogP contribution in [0.2, 0.25) is 0 Å². The van der Waals surface area contributed by atoms with Gasteiger partial charge in [-0.1, -0.05) is 11.6 Å². The normalized spacial score (nSPS) is 11.1. The minimum Gasteiger partial charge on any atom is -0.343 e. The smallest absolute Gasteiger partial charge is 0.0484 e. The Hall–Kier alpha value is -1.54. The van der Waals surface area contributed by atoms with Crippen LogP contribution in [0.5, 0.6) is 0 Å². The first-order chi connectivity index (χ1) is 7.83. The molecule has 0 amide bonds. The van der Waals surface area contributed by atoms with Gasteiger partial charge in [0.25, 0.3) is 0 Å². The van der Waals surface area contributed by atoms with Gasteiger partial charge >= 0.3 is 0 Å². The maximum absolute atomic E-state index is 2.30. The Morgan fingerprint density at radius 1 is 1.19 bits per heavy atom. The van der Waals surface area contributed by atoms with Gasteiger partial charge < -0.3 is 4.57 Å². The molecule has 0 fully saturated rings. The minimum absolute atomic E-state index is 0.968. The van der Waals surface area contributed by atoms with Gasteiger partial charge in [-0.15, -0.1) is 0 Å². The molecule has 0 saturated heterocycles. The van der Waals surface area contributed by atoms with Crippen molar-refractivity contribution in [1.29, 1.82) is 0 Å². The van der Waals surface area contributed by atoms with E-state index in [4.69, 9.17) is 0 Å². The van der Waals surface area contributed by atoms with E-state index in [0.29, 0.717) is 0 Å². The topological polar surface area (TPSA) is 4.93 Å². The molecule has 0 aliphatic rings. The zero-order valence-corrected chi connectivity index (χ0v) is 10.00. The number of hydrogen-bond acceptors (Lipinski definition) is 1. The van der Waals surface area contributed by atoms with Crippen molar-refractivity contribution < 1.29 is 0 Å². The van der Waals surface area contributed by atoms with Crippen molar-refractivity contribution in [1.82, 2.24) is 4.57 Å². The molecule has 0 aliphatic heterocycles. The first-order valence-corrected chi connectivity index (χ1v) is 6.34. The van der Waals surface area contributed by atoms with E-state index >= 15 is 0 Å². The van der Waals surface area contributed by atoms with Gasteiger partial charge in [-0.2, -0.15) is 11.3 Å². The quantitative estimate of drug-likeness (QED) is 0.622. The number of nitrogens with zero attached hydrogens (tertiary/aromatic N) is 1. The van der Waals surface area contributed by atoms with Crippen LogP contribution in [-0.4, -0.2) is 4.57 Å². The number of aromatic nitrogens is 1. The maximum Gasteiger partial charge on any atom is 0.0484 e. The van der Waals surface area contributed by atoms with Gasteiger partial charge in [0.2, 0.25) is 0 Å². The van der Waals surface area contributed by atoms with Crippen LogP contribution in [0.3, 0.4) is 0 Å². The molecule has 1 nitrogen and oxygen atoms in total. The van der Waals surface area contributed by atoms with Crippen LogP contribution in [0, 0.1) is 6.92 Å². The molecule has 80 valence electrons. The van der Waals surface area contributed by atoms with Gasteiger partial charge in [-0.25, -0.2) is 0 Å². The van der Waals surface area contributed by atoms with Crippen LogP contribution >= 0.6 is 11.3 Å². The second-order valence-corrected chi connectivity index (χ2v) is 4.92. The van der Waals surface area contributed by atoms with Crippen molar-refractivity contribution in [3.63, 3.8) is 0 Å². The second kappa shape index (κ2) is 3.80. The van der Waals surface area contributed by atoms with Crippen molar-refractivity contribution in [3.05, 3.63) is 58.4 Å². The van der Waals surface area contributed by atoms with Crippen LogP contribution in [0.4, 0.5) is 0 Å². The second-order valence-electron chi connectivity index (χ2n) is 4.14. The van der Waals surface area contributed by atoms with Gasteiger partial charge in [0.05, 0.1) is 0 Å². The Morgan fingerprint density at radius 3 is 2.94 bits per heavy atom. The predicted molar refractivity (Wildman–Crippen MR) is 70.1 cm³/mol. The lowest BCUT2D eigenvalue weighted by molar-refractivity contribution is 0.840. The highest BCUT2D eigenvalue weighted by Crippen LogP contribution is 2.19. The molecule has 0 atom stereocenters. The van der Waals surface area contributed by atoms with Crippen LogP contribution in [0.15, 0.2) is 47.3 Å². The van der Waals surface area contributed by atoms with E-state index in [0.717, 1.165) is 6.54 Å². The van der Waals surface area contributed by atoms with Crippen molar-refractivity contribution >= 4 is 22.2 Å². The fourth-order valence-electron chi connectivity index (χ4n) is 2.04. The molecule has 3 rings (SSSR count). The number of aryl methyl sites for hydroxylation is 1. The Morgan fingerprint density at radius 2 is 2.12 bits per heavy atom. The molecule has 0 aliphatic carbocycles. The molecule has 16 heavy (non-hydrogen) atoms. The highest BCUT2D eigenvalue weighted by atomic mass is 32.1. The molecule has 3 aromatic rings. The Balaban J connectivity index is 2.04. The summed E-state index contributed by atoms with van der Waals surface area (Å²) in [5, 5.41) is 5.67. The van der Waals surface area contributed by atoms with Gasteiger partial charge in [-0.3, -0.25) is 0 Å². The van der Waals surface area contributed by atoms with Crippen molar-refractivity contribution in [3.8, 4) is 0 Å². The zero-order chi connectivity index (χ0) is 11.0. The van der Waals surface area contributed by atoms with E-state index in [-0.39, 0.29) is 0 Å². The molecule has 2 heterocycles.